The van der Waals surface area contributed by atoms with E-state index in [2.05, 4.69) is 24.0 Å². The lowest BCUT2D eigenvalue weighted by Gasteiger charge is -2.28. The van der Waals surface area contributed by atoms with E-state index in [4.69, 9.17) is 0 Å². The van der Waals surface area contributed by atoms with Crippen LogP contribution in [0.5, 0.6) is 0 Å². The summed E-state index contributed by atoms with van der Waals surface area (Å²) in [6.45, 7) is 0. The van der Waals surface area contributed by atoms with E-state index >= 15 is 0 Å². The van der Waals surface area contributed by atoms with Crippen LogP contribution in [0.25, 0.3) is 10.9 Å². The molecule has 0 radical (unpaired) electrons. The van der Waals surface area contributed by atoms with Crippen molar-refractivity contribution < 1.29 is 8.78 Å². The van der Waals surface area contributed by atoms with Gasteiger partial charge in [-0.1, -0.05) is 0 Å². The first-order valence-corrected chi connectivity index (χ1v) is 6.21. The fourth-order valence-corrected chi connectivity index (χ4v) is 2.85. The summed E-state index contributed by atoms with van der Waals surface area (Å²) >= 11 is 0. The van der Waals surface area contributed by atoms with Crippen LogP contribution < -0.4 is 0 Å². The van der Waals surface area contributed by atoms with Gasteiger partial charge in [-0.15, -0.1) is 0 Å². The molecule has 2 nitrogen and oxygen atoms in total. The fourth-order valence-electron chi connectivity index (χ4n) is 2.85. The van der Waals surface area contributed by atoms with Gasteiger partial charge < -0.3 is 9.88 Å². The lowest BCUT2D eigenvalue weighted by Crippen LogP contribution is -2.33. The molecule has 3 rings (SSSR count). The number of aryl methyl sites for hydroxylation is 1. The molecule has 2 aromatic rings. The zero-order chi connectivity index (χ0) is 12.9. The Labute approximate surface area is 105 Å². The molecule has 0 fully saturated rings. The van der Waals surface area contributed by atoms with Gasteiger partial charge in [0, 0.05) is 17.1 Å². The van der Waals surface area contributed by atoms with Gasteiger partial charge in [-0.05, 0) is 51.1 Å². The zero-order valence-electron chi connectivity index (χ0n) is 10.6. The predicted octanol–water partition coefficient (Wildman–Crippen LogP) is 2.87. The first kappa shape index (κ1) is 11.7. The average molecular weight is 250 g/mol. The van der Waals surface area contributed by atoms with Crippen molar-refractivity contribution in [3.63, 3.8) is 0 Å². The fraction of sp³-hybridized carbons (Fsp3) is 0.429. The maximum absolute atomic E-state index is 13.7. The Hall–Kier alpha value is -1.42. The number of hydrogen-bond acceptors (Lipinski definition) is 1. The summed E-state index contributed by atoms with van der Waals surface area (Å²) in [6, 6.07) is 3.37. The molecule has 1 aliphatic carbocycles. The highest BCUT2D eigenvalue weighted by atomic mass is 19.2. The van der Waals surface area contributed by atoms with Gasteiger partial charge in [0.1, 0.15) is 0 Å². The summed E-state index contributed by atoms with van der Waals surface area (Å²) in [4.78, 5) is 5.25. The third kappa shape index (κ3) is 1.63. The van der Waals surface area contributed by atoms with Gasteiger partial charge >= 0.3 is 0 Å². The minimum absolute atomic E-state index is 0.319. The predicted molar refractivity (Wildman–Crippen MR) is 67.7 cm³/mol. The van der Waals surface area contributed by atoms with E-state index in [-0.39, 0.29) is 0 Å². The minimum atomic E-state index is -0.787. The van der Waals surface area contributed by atoms with Gasteiger partial charge in [-0.3, -0.25) is 0 Å². The van der Waals surface area contributed by atoms with E-state index in [0.717, 1.165) is 35.9 Å². The molecular formula is C14H16F2N2. The summed E-state index contributed by atoms with van der Waals surface area (Å²) in [5.41, 5.74) is 2.53. The molecule has 1 aliphatic rings. The number of aromatic amines is 1. The van der Waals surface area contributed by atoms with Gasteiger partial charge in [-0.25, -0.2) is 8.78 Å². The Morgan fingerprint density at radius 1 is 1.28 bits per heavy atom. The number of halogens is 2. The molecule has 1 atom stereocenters. The standard InChI is InChI=1S/C14H16F2N2/c1-18(2)8-3-6-12-10(7-8)9-4-5-11(15)13(16)14(9)17-12/h4-5,8,17H,3,6-7H2,1-2H3/t8-/m1/s1. The molecule has 1 aromatic carbocycles. The first-order valence-electron chi connectivity index (χ1n) is 6.21. The van der Waals surface area contributed by atoms with E-state index in [0.29, 0.717) is 11.6 Å². The minimum Gasteiger partial charge on any atom is -0.356 e. The maximum Gasteiger partial charge on any atom is 0.182 e. The van der Waals surface area contributed by atoms with Crippen LogP contribution >= 0.6 is 0 Å². The van der Waals surface area contributed by atoms with E-state index < -0.39 is 11.6 Å². The Kier molecular flexibility index (Phi) is 2.63. The van der Waals surface area contributed by atoms with Gasteiger partial charge in [0.2, 0.25) is 0 Å². The van der Waals surface area contributed by atoms with Gasteiger partial charge in [0.25, 0.3) is 0 Å². The van der Waals surface area contributed by atoms with Crippen molar-refractivity contribution in [2.45, 2.75) is 25.3 Å². The van der Waals surface area contributed by atoms with Crippen LogP contribution in [0, 0.1) is 11.6 Å². The molecule has 0 saturated carbocycles. The SMILES string of the molecule is CN(C)[C@@H]1CCc2[nH]c3c(F)c(F)ccc3c2C1. The third-order valence-corrected chi connectivity index (χ3v) is 3.96. The summed E-state index contributed by atoms with van der Waals surface area (Å²) in [5.74, 6) is -1.55. The largest absolute Gasteiger partial charge is 0.356 e. The summed E-state index contributed by atoms with van der Waals surface area (Å²) in [7, 11) is 4.12. The van der Waals surface area contributed by atoms with Crippen LogP contribution in [0.2, 0.25) is 0 Å². The van der Waals surface area contributed by atoms with Crippen molar-refractivity contribution in [1.29, 1.82) is 0 Å². The second-order valence-corrected chi connectivity index (χ2v) is 5.23. The number of fused-ring (bicyclic) bond motifs is 3. The molecule has 0 unspecified atom stereocenters. The Bertz CT molecular complexity index is 601. The van der Waals surface area contributed by atoms with Crippen LogP contribution in [0.3, 0.4) is 0 Å². The number of rotatable bonds is 1. The number of nitrogens with zero attached hydrogens (tertiary/aromatic N) is 1. The number of H-pyrrole nitrogens is 1. The molecule has 0 saturated heterocycles. The number of nitrogens with one attached hydrogen (secondary N) is 1. The van der Waals surface area contributed by atoms with Crippen molar-refractivity contribution in [3.05, 3.63) is 35.0 Å². The van der Waals surface area contributed by atoms with Crippen LogP contribution in [0.1, 0.15) is 17.7 Å². The number of benzene rings is 1. The molecule has 96 valence electrons. The molecule has 0 spiro atoms. The van der Waals surface area contributed by atoms with Crippen LogP contribution in [-0.2, 0) is 12.8 Å². The van der Waals surface area contributed by atoms with Gasteiger partial charge in [-0.2, -0.15) is 0 Å². The van der Waals surface area contributed by atoms with E-state index in [9.17, 15) is 8.78 Å². The van der Waals surface area contributed by atoms with Crippen molar-refractivity contribution in [1.82, 2.24) is 9.88 Å². The van der Waals surface area contributed by atoms with Gasteiger partial charge in [0.05, 0.1) is 5.52 Å². The van der Waals surface area contributed by atoms with Crippen LogP contribution in [-0.4, -0.2) is 30.0 Å². The summed E-state index contributed by atoms with van der Waals surface area (Å²) in [5, 5.41) is 0.829. The lowest BCUT2D eigenvalue weighted by molar-refractivity contribution is 0.268. The molecule has 1 heterocycles. The first-order chi connectivity index (χ1) is 8.58. The monoisotopic (exact) mass is 250 g/mol. The number of hydrogen-bond donors (Lipinski definition) is 1. The van der Waals surface area contributed by atoms with Crippen LogP contribution in [0.15, 0.2) is 12.1 Å². The molecular weight excluding hydrogens is 234 g/mol. The van der Waals surface area contributed by atoms with Crippen molar-refractivity contribution in [2.24, 2.45) is 0 Å². The quantitative estimate of drug-likeness (QED) is 0.824. The highest BCUT2D eigenvalue weighted by Gasteiger charge is 2.25. The highest BCUT2D eigenvalue weighted by molar-refractivity contribution is 5.85. The Morgan fingerprint density at radius 2 is 2.06 bits per heavy atom. The normalized spacial score (nSPS) is 19.5. The third-order valence-electron chi connectivity index (χ3n) is 3.96. The molecule has 4 heteroatoms. The van der Waals surface area contributed by atoms with Crippen LogP contribution in [0.4, 0.5) is 8.78 Å². The lowest BCUT2D eigenvalue weighted by atomic mass is 9.91. The average Bonchev–Trinajstić information content (AvgIpc) is 2.72. The molecule has 18 heavy (non-hydrogen) atoms. The zero-order valence-corrected chi connectivity index (χ0v) is 10.6. The summed E-state index contributed by atoms with van der Waals surface area (Å²) in [6.07, 6.45) is 2.85. The van der Waals surface area contributed by atoms with Crippen molar-refractivity contribution in [2.75, 3.05) is 14.1 Å². The van der Waals surface area contributed by atoms with Crippen molar-refractivity contribution in [3.8, 4) is 0 Å². The smallest absolute Gasteiger partial charge is 0.182 e. The molecule has 0 aliphatic heterocycles. The summed E-state index contributed by atoms with van der Waals surface area (Å²) < 4.78 is 26.9. The maximum atomic E-state index is 13.7. The number of aromatic nitrogens is 1. The Morgan fingerprint density at radius 3 is 2.78 bits per heavy atom. The van der Waals surface area contributed by atoms with Crippen molar-refractivity contribution >= 4 is 10.9 Å². The Balaban J connectivity index is 2.14. The van der Waals surface area contributed by atoms with E-state index in [1.807, 2.05) is 0 Å². The molecule has 0 amide bonds. The molecule has 1 N–H and O–H groups in total. The second-order valence-electron chi connectivity index (χ2n) is 5.23. The molecule has 0 bridgehead atoms. The highest BCUT2D eigenvalue weighted by Crippen LogP contribution is 2.32. The van der Waals surface area contributed by atoms with E-state index in [1.54, 1.807) is 6.07 Å². The molecule has 1 aromatic heterocycles. The van der Waals surface area contributed by atoms with Gasteiger partial charge in [0.15, 0.2) is 11.6 Å². The second kappa shape index (κ2) is 4.05. The topological polar surface area (TPSA) is 19.0 Å². The number of likely N-dealkylation sites (N-methyl/N-ethyl adjacent to an activating group) is 1. The van der Waals surface area contributed by atoms with E-state index in [1.165, 1.54) is 6.07 Å².